The molecule has 0 bridgehead atoms. The molecule has 1 aliphatic heterocycles. The second-order valence-corrected chi connectivity index (χ2v) is 8.15. The molecule has 0 saturated carbocycles. The van der Waals surface area contributed by atoms with Crippen molar-refractivity contribution in [3.05, 3.63) is 70.9 Å². The monoisotopic (exact) mass is 391 g/mol. The predicted molar refractivity (Wildman–Crippen MR) is 115 cm³/mol. The number of anilines is 1. The van der Waals surface area contributed by atoms with Gasteiger partial charge in [0.05, 0.1) is 10.7 Å². The Bertz CT molecular complexity index is 1080. The topological polar surface area (TPSA) is 68.0 Å². The molecule has 1 aromatic heterocycles. The second-order valence-electron chi connectivity index (χ2n) is 7.75. The third-order valence-electron chi connectivity index (χ3n) is 5.45. The Kier molecular flexibility index (Phi) is 4.60. The molecule has 142 valence electrons. The third-order valence-corrected chi connectivity index (χ3v) is 5.76. The van der Waals surface area contributed by atoms with Gasteiger partial charge in [-0.15, -0.1) is 0 Å². The number of aromatic nitrogens is 1. The number of carbonyl (C=O) groups is 1. The molecule has 0 atom stereocenters. The molecular formula is C23H22ClN3O. The van der Waals surface area contributed by atoms with Crippen molar-refractivity contribution in [1.29, 1.82) is 0 Å². The average Bonchev–Trinajstić information content (AvgIpc) is 2.67. The molecule has 4 rings (SSSR count). The lowest BCUT2D eigenvalue weighted by Gasteiger charge is -2.33. The van der Waals surface area contributed by atoms with E-state index in [1.54, 1.807) is 24.4 Å². The number of nitrogens with two attached hydrogens (primary N) is 1. The quantitative estimate of drug-likeness (QED) is 0.639. The first-order valence-electron chi connectivity index (χ1n) is 9.31. The van der Waals surface area contributed by atoms with Crippen molar-refractivity contribution in [3.8, 4) is 22.4 Å². The van der Waals surface area contributed by atoms with Crippen molar-refractivity contribution in [1.82, 2.24) is 4.98 Å². The fourth-order valence-corrected chi connectivity index (χ4v) is 4.13. The van der Waals surface area contributed by atoms with Crippen molar-refractivity contribution in [2.75, 3.05) is 11.9 Å². The summed E-state index contributed by atoms with van der Waals surface area (Å²) in [5.74, 6) is -0.504. The van der Waals surface area contributed by atoms with E-state index in [9.17, 15) is 4.79 Å². The fourth-order valence-electron chi connectivity index (χ4n) is 3.92. The van der Waals surface area contributed by atoms with E-state index in [1.165, 1.54) is 5.56 Å². The van der Waals surface area contributed by atoms with Gasteiger partial charge in [-0.3, -0.25) is 9.78 Å². The number of primary amides is 1. The predicted octanol–water partition coefficient (Wildman–Crippen LogP) is 5.26. The van der Waals surface area contributed by atoms with Gasteiger partial charge in [0.2, 0.25) is 5.91 Å². The van der Waals surface area contributed by atoms with Crippen LogP contribution in [-0.2, 0) is 5.41 Å². The van der Waals surface area contributed by atoms with Crippen molar-refractivity contribution in [3.63, 3.8) is 0 Å². The molecule has 5 heteroatoms. The molecule has 1 amide bonds. The van der Waals surface area contributed by atoms with Gasteiger partial charge in [-0.1, -0.05) is 49.7 Å². The minimum Gasteiger partial charge on any atom is -0.385 e. The first-order valence-corrected chi connectivity index (χ1v) is 9.69. The summed E-state index contributed by atoms with van der Waals surface area (Å²) >= 11 is 6.42. The molecule has 1 aliphatic rings. The number of nitrogens with one attached hydrogen (secondary N) is 1. The van der Waals surface area contributed by atoms with Crippen LogP contribution in [0.1, 0.15) is 36.2 Å². The summed E-state index contributed by atoms with van der Waals surface area (Å²) < 4.78 is 0. The van der Waals surface area contributed by atoms with Crippen LogP contribution < -0.4 is 11.1 Å². The van der Waals surface area contributed by atoms with E-state index >= 15 is 0 Å². The van der Waals surface area contributed by atoms with Crippen LogP contribution in [0.4, 0.5) is 5.69 Å². The van der Waals surface area contributed by atoms with Gasteiger partial charge in [0, 0.05) is 29.6 Å². The number of nitrogens with zero attached hydrogens (tertiary/aromatic N) is 1. The van der Waals surface area contributed by atoms with Gasteiger partial charge in [0.25, 0.3) is 0 Å². The zero-order chi connectivity index (χ0) is 19.9. The van der Waals surface area contributed by atoms with E-state index in [1.807, 2.05) is 12.1 Å². The van der Waals surface area contributed by atoms with Gasteiger partial charge < -0.3 is 11.1 Å². The van der Waals surface area contributed by atoms with E-state index in [2.05, 4.69) is 42.3 Å². The molecule has 0 aliphatic carbocycles. The third kappa shape index (κ3) is 3.14. The maximum atomic E-state index is 12.1. The van der Waals surface area contributed by atoms with Crippen LogP contribution >= 0.6 is 11.6 Å². The summed E-state index contributed by atoms with van der Waals surface area (Å²) in [7, 11) is 0. The molecule has 0 unspecified atom stereocenters. The molecule has 4 nitrogen and oxygen atoms in total. The van der Waals surface area contributed by atoms with Gasteiger partial charge in [-0.25, -0.2) is 0 Å². The number of amides is 1. The summed E-state index contributed by atoms with van der Waals surface area (Å²) in [5, 5.41) is 3.98. The highest BCUT2D eigenvalue weighted by molar-refractivity contribution is 6.33. The van der Waals surface area contributed by atoms with Crippen LogP contribution in [0.3, 0.4) is 0 Å². The van der Waals surface area contributed by atoms with Crippen LogP contribution in [0.15, 0.2) is 54.7 Å². The highest BCUT2D eigenvalue weighted by Crippen LogP contribution is 2.42. The first-order chi connectivity index (χ1) is 13.4. The maximum Gasteiger partial charge on any atom is 0.249 e. The van der Waals surface area contributed by atoms with E-state index in [-0.39, 0.29) is 5.41 Å². The smallest absolute Gasteiger partial charge is 0.249 e. The van der Waals surface area contributed by atoms with E-state index in [0.29, 0.717) is 21.8 Å². The number of pyridine rings is 1. The molecule has 2 heterocycles. The van der Waals surface area contributed by atoms with Gasteiger partial charge in [-0.2, -0.15) is 0 Å². The van der Waals surface area contributed by atoms with Crippen LogP contribution in [-0.4, -0.2) is 17.4 Å². The highest BCUT2D eigenvalue weighted by Gasteiger charge is 2.28. The summed E-state index contributed by atoms with van der Waals surface area (Å²) in [5.41, 5.74) is 11.7. The maximum absolute atomic E-state index is 12.1. The van der Waals surface area contributed by atoms with Crippen molar-refractivity contribution >= 4 is 23.2 Å². The van der Waals surface area contributed by atoms with E-state index in [4.69, 9.17) is 17.3 Å². The zero-order valence-electron chi connectivity index (χ0n) is 15.9. The SMILES string of the molecule is CC1(C)CCNc2cc(-c3cccc(C(N)=O)c3-c3ncccc3Cl)ccc21. The minimum absolute atomic E-state index is 0.126. The lowest BCUT2D eigenvalue weighted by molar-refractivity contribution is 0.100. The van der Waals surface area contributed by atoms with Crippen LogP contribution in [0.2, 0.25) is 5.02 Å². The summed E-state index contributed by atoms with van der Waals surface area (Å²) in [4.78, 5) is 16.6. The molecule has 0 radical (unpaired) electrons. The Morgan fingerprint density at radius 1 is 1.18 bits per heavy atom. The number of fused-ring (bicyclic) bond motifs is 1. The molecule has 3 aromatic rings. The first kappa shape index (κ1) is 18.5. The number of halogens is 1. The Hall–Kier alpha value is -2.85. The Morgan fingerprint density at radius 3 is 2.75 bits per heavy atom. The van der Waals surface area contributed by atoms with Gasteiger partial charge in [0.1, 0.15) is 0 Å². The molecular weight excluding hydrogens is 370 g/mol. The molecule has 28 heavy (non-hydrogen) atoms. The van der Waals surface area contributed by atoms with Crippen molar-refractivity contribution in [2.45, 2.75) is 25.7 Å². The molecule has 0 spiro atoms. The number of carbonyl (C=O) groups excluding carboxylic acids is 1. The average molecular weight is 392 g/mol. The van der Waals surface area contributed by atoms with Gasteiger partial charge in [-0.05, 0) is 52.8 Å². The number of hydrogen-bond donors (Lipinski definition) is 2. The second kappa shape index (κ2) is 6.95. The van der Waals surface area contributed by atoms with Crippen molar-refractivity contribution in [2.24, 2.45) is 5.73 Å². The Labute approximate surface area is 169 Å². The number of hydrogen-bond acceptors (Lipinski definition) is 3. The van der Waals surface area contributed by atoms with E-state index in [0.717, 1.165) is 29.8 Å². The van der Waals surface area contributed by atoms with E-state index < -0.39 is 5.91 Å². The highest BCUT2D eigenvalue weighted by atomic mass is 35.5. The number of benzene rings is 2. The Balaban J connectivity index is 1.96. The minimum atomic E-state index is -0.504. The fraction of sp³-hybridized carbons (Fsp3) is 0.217. The van der Waals surface area contributed by atoms with Crippen LogP contribution in [0, 0.1) is 0 Å². The molecule has 0 fully saturated rings. The lowest BCUT2D eigenvalue weighted by Crippen LogP contribution is -2.28. The summed E-state index contributed by atoms with van der Waals surface area (Å²) in [6.45, 7) is 5.46. The Morgan fingerprint density at radius 2 is 2.00 bits per heavy atom. The molecule has 3 N–H and O–H groups in total. The standard InChI is InChI=1S/C23H22ClN3O/c1-23(2)10-12-26-19-13-14(8-9-17(19)23)15-5-3-6-16(22(25)28)20(15)21-18(24)7-4-11-27-21/h3-9,11,13,26H,10,12H2,1-2H3,(H2,25,28). The molecule has 2 aromatic carbocycles. The van der Waals surface area contributed by atoms with Crippen molar-refractivity contribution < 1.29 is 4.79 Å². The number of rotatable bonds is 3. The zero-order valence-corrected chi connectivity index (χ0v) is 16.7. The van der Waals surface area contributed by atoms with Crippen LogP contribution in [0.25, 0.3) is 22.4 Å². The van der Waals surface area contributed by atoms with Crippen LogP contribution in [0.5, 0.6) is 0 Å². The van der Waals surface area contributed by atoms with Gasteiger partial charge >= 0.3 is 0 Å². The normalized spacial score (nSPS) is 14.8. The lowest BCUT2D eigenvalue weighted by atomic mass is 9.77. The summed E-state index contributed by atoms with van der Waals surface area (Å²) in [6, 6.07) is 15.5. The largest absolute Gasteiger partial charge is 0.385 e. The van der Waals surface area contributed by atoms with Gasteiger partial charge in [0.15, 0.2) is 0 Å². The summed E-state index contributed by atoms with van der Waals surface area (Å²) in [6.07, 6.45) is 2.75. The molecule has 0 saturated heterocycles.